The second-order valence-corrected chi connectivity index (χ2v) is 6.12. The Balaban J connectivity index is 3.20. The molecule has 1 N–H and O–H groups in total. The van der Waals surface area contributed by atoms with E-state index in [-0.39, 0.29) is 16.7 Å². The summed E-state index contributed by atoms with van der Waals surface area (Å²) in [7, 11) is 1.62. The number of hydrogen-bond acceptors (Lipinski definition) is 5. The van der Waals surface area contributed by atoms with E-state index in [1.807, 2.05) is 20.8 Å². The predicted molar refractivity (Wildman–Crippen MR) is 75.0 cm³/mol. The van der Waals surface area contributed by atoms with Crippen LogP contribution in [-0.4, -0.2) is 40.0 Å². The van der Waals surface area contributed by atoms with E-state index in [0.717, 1.165) is 0 Å². The van der Waals surface area contributed by atoms with E-state index < -0.39 is 5.97 Å². The molecule has 1 aromatic rings. The summed E-state index contributed by atoms with van der Waals surface area (Å²) in [5.41, 5.74) is 0.704. The van der Waals surface area contributed by atoms with Crippen molar-refractivity contribution in [2.24, 2.45) is 0 Å². The molecule has 106 valence electrons. The maximum absolute atomic E-state index is 11.3. The number of thioether (sulfide) groups is 1. The van der Waals surface area contributed by atoms with Gasteiger partial charge in [0.05, 0.1) is 12.3 Å². The Morgan fingerprint density at radius 3 is 2.47 bits per heavy atom. The molecular weight excluding hydrogens is 264 g/mol. The number of carbonyl (C=O) groups is 1. The molecule has 0 saturated carbocycles. The summed E-state index contributed by atoms with van der Waals surface area (Å²) in [4.78, 5) is 20.0. The zero-order chi connectivity index (χ0) is 14.6. The van der Waals surface area contributed by atoms with Gasteiger partial charge in [-0.2, -0.15) is 0 Å². The average Bonchev–Trinajstić information content (AvgIpc) is 2.27. The van der Waals surface area contributed by atoms with Crippen LogP contribution < -0.4 is 0 Å². The van der Waals surface area contributed by atoms with Gasteiger partial charge in [0.2, 0.25) is 0 Å². The third kappa shape index (κ3) is 4.18. The average molecular weight is 284 g/mol. The number of carboxylic acid groups (broad SMARTS) is 1. The number of ether oxygens (including phenoxy) is 1. The van der Waals surface area contributed by atoms with E-state index in [0.29, 0.717) is 23.2 Å². The minimum atomic E-state index is -0.986. The Kier molecular flexibility index (Phi) is 5.75. The van der Waals surface area contributed by atoms with Crippen LogP contribution in [0.4, 0.5) is 0 Å². The summed E-state index contributed by atoms with van der Waals surface area (Å²) < 4.78 is 5.07. The summed E-state index contributed by atoms with van der Waals surface area (Å²) in [6.07, 6.45) is 0. The normalized spacial score (nSPS) is 12.7. The number of methoxy groups -OCH3 is 1. The molecule has 1 rings (SSSR count). The smallest absolute Gasteiger partial charge is 0.340 e. The Hall–Kier alpha value is -1.14. The van der Waals surface area contributed by atoms with Gasteiger partial charge in [-0.25, -0.2) is 14.8 Å². The first-order valence-corrected chi connectivity index (χ1v) is 7.02. The fourth-order valence-electron chi connectivity index (χ4n) is 1.62. The predicted octanol–water partition coefficient (Wildman–Crippen LogP) is 2.73. The third-order valence-corrected chi connectivity index (χ3v) is 3.58. The summed E-state index contributed by atoms with van der Waals surface area (Å²) in [6, 6.07) is 0. The molecule has 0 amide bonds. The van der Waals surface area contributed by atoms with E-state index >= 15 is 0 Å². The zero-order valence-corrected chi connectivity index (χ0v) is 12.7. The van der Waals surface area contributed by atoms with Crippen molar-refractivity contribution in [3.8, 4) is 0 Å². The number of aromatic nitrogens is 2. The van der Waals surface area contributed by atoms with Gasteiger partial charge in [0.15, 0.2) is 0 Å². The van der Waals surface area contributed by atoms with Crippen LogP contribution in [0.1, 0.15) is 48.6 Å². The monoisotopic (exact) mass is 284 g/mol. The van der Waals surface area contributed by atoms with Crippen molar-refractivity contribution in [1.82, 2.24) is 9.97 Å². The molecule has 0 aliphatic heterocycles. The molecule has 0 aliphatic carbocycles. The number of aryl methyl sites for hydroxylation is 1. The van der Waals surface area contributed by atoms with Crippen molar-refractivity contribution < 1.29 is 14.6 Å². The lowest BCUT2D eigenvalue weighted by molar-refractivity contribution is 0.0690. The van der Waals surface area contributed by atoms with Gasteiger partial charge in [-0.3, -0.25) is 0 Å². The fraction of sp³-hybridized carbons (Fsp3) is 0.615. The number of hydrogen-bond donors (Lipinski definition) is 1. The molecule has 0 spiro atoms. The Labute approximate surface area is 117 Å². The second kappa shape index (κ2) is 6.86. The number of aromatic carboxylic acids is 1. The van der Waals surface area contributed by atoms with Gasteiger partial charge in [0.25, 0.3) is 0 Å². The van der Waals surface area contributed by atoms with Gasteiger partial charge in [0, 0.05) is 18.3 Å². The first-order chi connectivity index (χ1) is 8.86. The summed E-state index contributed by atoms with van der Waals surface area (Å²) in [5, 5.41) is 9.95. The summed E-state index contributed by atoms with van der Waals surface area (Å²) in [6.45, 7) is 8.21. The number of rotatable bonds is 6. The molecule has 1 unspecified atom stereocenters. The number of carboxylic acids is 1. The molecule has 0 fully saturated rings. The zero-order valence-electron chi connectivity index (χ0n) is 11.9. The largest absolute Gasteiger partial charge is 0.478 e. The SMILES string of the molecule is COCC(C)Sc1nc(C(C)C)nc(C)c1C(=O)O. The van der Waals surface area contributed by atoms with Crippen LogP contribution in [0.25, 0.3) is 0 Å². The second-order valence-electron chi connectivity index (χ2n) is 4.69. The first kappa shape index (κ1) is 15.9. The van der Waals surface area contributed by atoms with Crippen molar-refractivity contribution in [3.63, 3.8) is 0 Å². The molecule has 0 radical (unpaired) electrons. The van der Waals surface area contributed by atoms with Gasteiger partial charge in [0.1, 0.15) is 16.4 Å². The summed E-state index contributed by atoms with van der Waals surface area (Å²) >= 11 is 1.41. The van der Waals surface area contributed by atoms with Gasteiger partial charge >= 0.3 is 5.97 Å². The van der Waals surface area contributed by atoms with Crippen molar-refractivity contribution >= 4 is 17.7 Å². The first-order valence-electron chi connectivity index (χ1n) is 6.14. The van der Waals surface area contributed by atoms with Crippen LogP contribution in [0, 0.1) is 6.92 Å². The van der Waals surface area contributed by atoms with E-state index in [2.05, 4.69) is 9.97 Å². The fourth-order valence-corrected chi connectivity index (χ4v) is 2.70. The van der Waals surface area contributed by atoms with Crippen LogP contribution in [0.2, 0.25) is 0 Å². The van der Waals surface area contributed by atoms with Crippen LogP contribution in [0.5, 0.6) is 0 Å². The summed E-state index contributed by atoms with van der Waals surface area (Å²) in [5.74, 6) is -0.145. The van der Waals surface area contributed by atoms with Crippen molar-refractivity contribution in [3.05, 3.63) is 17.1 Å². The molecule has 1 atom stereocenters. The minimum Gasteiger partial charge on any atom is -0.478 e. The lowest BCUT2D eigenvalue weighted by Gasteiger charge is -2.14. The highest BCUT2D eigenvalue weighted by Crippen LogP contribution is 2.28. The quantitative estimate of drug-likeness (QED) is 0.639. The molecule has 1 aromatic heterocycles. The lowest BCUT2D eigenvalue weighted by atomic mass is 10.2. The molecular formula is C13H20N2O3S. The lowest BCUT2D eigenvalue weighted by Crippen LogP contribution is -2.13. The Bertz CT molecular complexity index is 463. The highest BCUT2D eigenvalue weighted by atomic mass is 32.2. The van der Waals surface area contributed by atoms with Crippen LogP contribution >= 0.6 is 11.8 Å². The number of nitrogens with zero attached hydrogens (tertiary/aromatic N) is 2. The van der Waals surface area contributed by atoms with Crippen molar-refractivity contribution in [1.29, 1.82) is 0 Å². The maximum atomic E-state index is 11.3. The highest BCUT2D eigenvalue weighted by Gasteiger charge is 2.21. The van der Waals surface area contributed by atoms with E-state index in [1.165, 1.54) is 11.8 Å². The molecule has 19 heavy (non-hydrogen) atoms. The van der Waals surface area contributed by atoms with Gasteiger partial charge in [-0.1, -0.05) is 32.5 Å². The van der Waals surface area contributed by atoms with Gasteiger partial charge in [-0.05, 0) is 6.92 Å². The topological polar surface area (TPSA) is 72.3 Å². The molecule has 0 bridgehead atoms. The Morgan fingerprint density at radius 2 is 2.00 bits per heavy atom. The van der Waals surface area contributed by atoms with Crippen LogP contribution in [0.15, 0.2) is 5.03 Å². The van der Waals surface area contributed by atoms with Crippen molar-refractivity contribution in [2.45, 2.75) is 43.9 Å². The van der Waals surface area contributed by atoms with Crippen LogP contribution in [0.3, 0.4) is 0 Å². The maximum Gasteiger partial charge on any atom is 0.340 e. The van der Waals surface area contributed by atoms with Gasteiger partial charge < -0.3 is 9.84 Å². The molecule has 6 heteroatoms. The third-order valence-electron chi connectivity index (χ3n) is 2.52. The van der Waals surface area contributed by atoms with E-state index in [1.54, 1.807) is 14.0 Å². The van der Waals surface area contributed by atoms with Crippen molar-refractivity contribution in [2.75, 3.05) is 13.7 Å². The van der Waals surface area contributed by atoms with Crippen LogP contribution in [-0.2, 0) is 4.74 Å². The standard InChI is InChI=1S/C13H20N2O3S/c1-7(2)11-14-9(4)10(13(16)17)12(15-11)19-8(3)6-18-5/h7-8H,6H2,1-5H3,(H,16,17). The molecule has 1 heterocycles. The highest BCUT2D eigenvalue weighted by molar-refractivity contribution is 7.99. The van der Waals surface area contributed by atoms with Gasteiger partial charge in [-0.15, -0.1) is 0 Å². The molecule has 0 saturated heterocycles. The van der Waals surface area contributed by atoms with E-state index in [9.17, 15) is 9.90 Å². The minimum absolute atomic E-state index is 0.136. The Morgan fingerprint density at radius 1 is 1.37 bits per heavy atom. The molecule has 5 nitrogen and oxygen atoms in total. The molecule has 0 aliphatic rings. The van der Waals surface area contributed by atoms with E-state index in [4.69, 9.17) is 4.74 Å². The molecule has 0 aromatic carbocycles.